The third-order valence-electron chi connectivity index (χ3n) is 2.66. The number of nitrogens with one attached hydrogen (secondary N) is 2. The monoisotopic (exact) mass is 275 g/mol. The maximum atomic E-state index is 12.2. The second kappa shape index (κ2) is 5.71. The normalized spacial score (nSPS) is 10.1. The van der Waals surface area contributed by atoms with E-state index in [9.17, 15) is 4.79 Å². The van der Waals surface area contributed by atoms with E-state index in [-0.39, 0.29) is 5.91 Å². The van der Waals surface area contributed by atoms with Crippen molar-refractivity contribution in [1.82, 2.24) is 4.98 Å². The van der Waals surface area contributed by atoms with E-state index < -0.39 is 0 Å². The van der Waals surface area contributed by atoms with Crippen LogP contribution in [0.1, 0.15) is 15.9 Å². The first-order valence-corrected chi connectivity index (χ1v) is 6.20. The minimum absolute atomic E-state index is 0.245. The number of hydrogen-bond donors (Lipinski definition) is 2. The number of rotatable bonds is 3. The molecular weight excluding hydrogens is 262 g/mol. The summed E-state index contributed by atoms with van der Waals surface area (Å²) in [6, 6.07) is 8.90. The van der Waals surface area contributed by atoms with Gasteiger partial charge in [-0.05, 0) is 36.8 Å². The van der Waals surface area contributed by atoms with Crippen molar-refractivity contribution in [2.24, 2.45) is 0 Å². The summed E-state index contributed by atoms with van der Waals surface area (Å²) in [5.41, 5.74) is 2.10. The lowest BCUT2D eigenvalue weighted by Gasteiger charge is -2.10. The molecule has 2 rings (SSSR count). The van der Waals surface area contributed by atoms with Gasteiger partial charge in [-0.2, -0.15) is 0 Å². The maximum Gasteiger partial charge on any atom is 0.259 e. The molecular formula is C14H14ClN3O. The molecule has 98 valence electrons. The first-order chi connectivity index (χ1) is 9.11. The number of pyridine rings is 1. The van der Waals surface area contributed by atoms with Crippen LogP contribution in [0.25, 0.3) is 0 Å². The summed E-state index contributed by atoms with van der Waals surface area (Å²) in [5.74, 6) is 0.286. The summed E-state index contributed by atoms with van der Waals surface area (Å²) in [6.07, 6.45) is 1.63. The number of hydrogen-bond acceptors (Lipinski definition) is 3. The van der Waals surface area contributed by atoms with Crippen LogP contribution in [0.2, 0.25) is 5.02 Å². The van der Waals surface area contributed by atoms with Gasteiger partial charge in [0.25, 0.3) is 5.91 Å². The highest BCUT2D eigenvalue weighted by Crippen LogP contribution is 2.24. The summed E-state index contributed by atoms with van der Waals surface area (Å²) < 4.78 is 0. The van der Waals surface area contributed by atoms with Crippen molar-refractivity contribution in [2.75, 3.05) is 17.7 Å². The van der Waals surface area contributed by atoms with Crippen LogP contribution in [0, 0.1) is 6.92 Å². The fraction of sp³-hybridized carbons (Fsp3) is 0.143. The van der Waals surface area contributed by atoms with Crippen molar-refractivity contribution in [3.63, 3.8) is 0 Å². The number of halogens is 1. The molecule has 1 aromatic heterocycles. The second-order valence-corrected chi connectivity index (χ2v) is 4.49. The summed E-state index contributed by atoms with van der Waals surface area (Å²) in [5, 5.41) is 6.18. The molecule has 4 nitrogen and oxygen atoms in total. The molecule has 0 saturated carbocycles. The van der Waals surface area contributed by atoms with Gasteiger partial charge < -0.3 is 10.6 Å². The van der Waals surface area contributed by atoms with Gasteiger partial charge >= 0.3 is 0 Å². The summed E-state index contributed by atoms with van der Waals surface area (Å²) >= 11 is 6.06. The van der Waals surface area contributed by atoms with E-state index >= 15 is 0 Å². The van der Waals surface area contributed by atoms with Crippen LogP contribution < -0.4 is 10.6 Å². The number of anilines is 2. The standard InChI is InChI=1S/C14H14ClN3O/c1-9-5-6-11(15)12(8-9)18-14(19)10-4-3-7-17-13(10)16-2/h3-8H,1-2H3,(H,16,17)(H,18,19). The van der Waals surface area contributed by atoms with Gasteiger partial charge in [0.15, 0.2) is 0 Å². The number of benzene rings is 1. The Balaban J connectivity index is 2.28. The van der Waals surface area contributed by atoms with Crippen molar-refractivity contribution in [2.45, 2.75) is 6.92 Å². The molecule has 2 aromatic rings. The number of aryl methyl sites for hydroxylation is 1. The Morgan fingerprint density at radius 2 is 2.11 bits per heavy atom. The predicted octanol–water partition coefficient (Wildman–Crippen LogP) is 3.34. The zero-order chi connectivity index (χ0) is 13.8. The van der Waals surface area contributed by atoms with Gasteiger partial charge in [-0.25, -0.2) is 4.98 Å². The Bertz CT molecular complexity index is 613. The predicted molar refractivity (Wildman–Crippen MR) is 77.9 cm³/mol. The highest BCUT2D eigenvalue weighted by Gasteiger charge is 2.12. The Morgan fingerprint density at radius 3 is 2.84 bits per heavy atom. The Labute approximate surface area is 116 Å². The van der Waals surface area contributed by atoms with Gasteiger partial charge in [0, 0.05) is 13.2 Å². The maximum absolute atomic E-state index is 12.2. The molecule has 0 aliphatic heterocycles. The van der Waals surface area contributed by atoms with Crippen LogP contribution in [0.4, 0.5) is 11.5 Å². The van der Waals surface area contributed by atoms with Crippen LogP contribution in [0.3, 0.4) is 0 Å². The molecule has 0 aliphatic rings. The third-order valence-corrected chi connectivity index (χ3v) is 2.99. The number of aromatic nitrogens is 1. The van der Waals surface area contributed by atoms with Gasteiger partial charge in [0.1, 0.15) is 5.82 Å². The van der Waals surface area contributed by atoms with Crippen molar-refractivity contribution in [3.8, 4) is 0 Å². The molecule has 0 atom stereocenters. The van der Waals surface area contributed by atoms with Crippen molar-refractivity contribution >= 4 is 29.0 Å². The lowest BCUT2D eigenvalue weighted by Crippen LogP contribution is -2.15. The van der Waals surface area contributed by atoms with E-state index in [1.54, 1.807) is 31.4 Å². The molecule has 19 heavy (non-hydrogen) atoms. The molecule has 5 heteroatoms. The molecule has 1 amide bonds. The smallest absolute Gasteiger partial charge is 0.259 e. The van der Waals surface area contributed by atoms with Crippen molar-refractivity contribution in [1.29, 1.82) is 0 Å². The minimum atomic E-state index is -0.245. The molecule has 0 radical (unpaired) electrons. The van der Waals surface area contributed by atoms with E-state index in [4.69, 9.17) is 11.6 Å². The van der Waals surface area contributed by atoms with Crippen LogP contribution >= 0.6 is 11.6 Å². The van der Waals surface area contributed by atoms with E-state index in [0.29, 0.717) is 22.1 Å². The zero-order valence-corrected chi connectivity index (χ0v) is 11.5. The van der Waals surface area contributed by atoms with E-state index in [1.165, 1.54) is 0 Å². The first-order valence-electron chi connectivity index (χ1n) is 5.82. The Hall–Kier alpha value is -2.07. The molecule has 1 aromatic carbocycles. The van der Waals surface area contributed by atoms with Crippen LogP contribution in [-0.2, 0) is 0 Å². The number of nitrogens with zero attached hydrogens (tertiary/aromatic N) is 1. The van der Waals surface area contributed by atoms with Crippen LogP contribution in [-0.4, -0.2) is 17.9 Å². The molecule has 0 saturated heterocycles. The average molecular weight is 276 g/mol. The second-order valence-electron chi connectivity index (χ2n) is 4.09. The molecule has 1 heterocycles. The quantitative estimate of drug-likeness (QED) is 0.903. The highest BCUT2D eigenvalue weighted by atomic mass is 35.5. The lowest BCUT2D eigenvalue weighted by molar-refractivity contribution is 0.102. The van der Waals surface area contributed by atoms with Crippen molar-refractivity contribution in [3.05, 3.63) is 52.7 Å². The highest BCUT2D eigenvalue weighted by molar-refractivity contribution is 6.34. The lowest BCUT2D eigenvalue weighted by atomic mass is 10.2. The van der Waals surface area contributed by atoms with Gasteiger partial charge in [-0.15, -0.1) is 0 Å². The fourth-order valence-electron chi connectivity index (χ4n) is 1.71. The number of carbonyl (C=O) groups is 1. The van der Waals surface area contributed by atoms with E-state index in [0.717, 1.165) is 5.56 Å². The van der Waals surface area contributed by atoms with Gasteiger partial charge in [-0.3, -0.25) is 4.79 Å². The molecule has 2 N–H and O–H groups in total. The minimum Gasteiger partial charge on any atom is -0.372 e. The van der Waals surface area contributed by atoms with E-state index in [1.807, 2.05) is 19.1 Å². The van der Waals surface area contributed by atoms with Crippen LogP contribution in [0.15, 0.2) is 36.5 Å². The summed E-state index contributed by atoms with van der Waals surface area (Å²) in [4.78, 5) is 16.3. The molecule has 0 aliphatic carbocycles. The fourth-order valence-corrected chi connectivity index (χ4v) is 1.88. The van der Waals surface area contributed by atoms with Gasteiger partial charge in [0.2, 0.25) is 0 Å². The van der Waals surface area contributed by atoms with Gasteiger partial charge in [0.05, 0.1) is 16.3 Å². The van der Waals surface area contributed by atoms with Gasteiger partial charge in [-0.1, -0.05) is 17.7 Å². The van der Waals surface area contributed by atoms with E-state index in [2.05, 4.69) is 15.6 Å². The third kappa shape index (κ3) is 3.03. The number of amides is 1. The van der Waals surface area contributed by atoms with Crippen LogP contribution in [0.5, 0.6) is 0 Å². The average Bonchev–Trinajstić information content (AvgIpc) is 2.42. The largest absolute Gasteiger partial charge is 0.372 e. The zero-order valence-electron chi connectivity index (χ0n) is 10.7. The first kappa shape index (κ1) is 13.4. The summed E-state index contributed by atoms with van der Waals surface area (Å²) in [7, 11) is 1.72. The molecule has 0 spiro atoms. The number of carbonyl (C=O) groups excluding carboxylic acids is 1. The molecule has 0 bridgehead atoms. The SMILES string of the molecule is CNc1ncccc1C(=O)Nc1cc(C)ccc1Cl. The molecule has 0 fully saturated rings. The topological polar surface area (TPSA) is 54.0 Å². The van der Waals surface area contributed by atoms with Crippen molar-refractivity contribution < 1.29 is 4.79 Å². The summed E-state index contributed by atoms with van der Waals surface area (Å²) in [6.45, 7) is 1.94. The Kier molecular flexibility index (Phi) is 4.02. The Morgan fingerprint density at radius 1 is 1.32 bits per heavy atom. The molecule has 0 unspecified atom stereocenters.